The minimum Gasteiger partial charge on any atom is -0.688 e. The zero-order valence-electron chi connectivity index (χ0n) is 9.86. The predicted octanol–water partition coefficient (Wildman–Crippen LogP) is -5.28. The summed E-state index contributed by atoms with van der Waals surface area (Å²) < 4.78 is 18.7. The Hall–Kier alpha value is -0.116. The van der Waals surface area contributed by atoms with E-state index in [0.29, 0.717) is 26.4 Å². The van der Waals surface area contributed by atoms with Gasteiger partial charge in [0, 0.05) is 0 Å². The van der Waals surface area contributed by atoms with Gasteiger partial charge in [0.2, 0.25) is 0 Å². The fourth-order valence-corrected chi connectivity index (χ4v) is 0.551. The average Bonchev–Trinajstić information content (AvgIpc) is 2.37. The Balaban J connectivity index is -0.0000000752. The fraction of sp³-hybridized carbons (Fsp3) is 0.444. The molecule has 5 nitrogen and oxygen atoms in total. The molecular formula is C9H10CuLi2NO4. The Kier molecular flexibility index (Phi) is 37.6. The van der Waals surface area contributed by atoms with Gasteiger partial charge in [-0.1, -0.05) is 12.5 Å². The first-order chi connectivity index (χ1) is 7.00. The number of nitrogens with zero attached hydrogens (tertiary/aromatic N) is 1. The number of hydrogen-bond acceptors (Lipinski definition) is 5. The van der Waals surface area contributed by atoms with Crippen molar-refractivity contribution < 1.29 is 73.7 Å². The molecule has 0 bridgehead atoms. The van der Waals surface area contributed by atoms with Crippen molar-refractivity contribution in [3.63, 3.8) is 0 Å². The van der Waals surface area contributed by atoms with Gasteiger partial charge in [0.1, 0.15) is 13.2 Å². The molecule has 0 unspecified atom stereocenters. The molecule has 88 valence electrons. The second kappa shape index (κ2) is 24.9. The van der Waals surface area contributed by atoms with Crippen molar-refractivity contribution >= 4 is 0 Å². The first kappa shape index (κ1) is 25.7. The number of ether oxygens (including phenoxy) is 4. The van der Waals surface area contributed by atoms with E-state index < -0.39 is 0 Å². The molecule has 0 N–H and O–H groups in total. The van der Waals surface area contributed by atoms with Crippen molar-refractivity contribution in [3.8, 4) is 0 Å². The zero-order chi connectivity index (χ0) is 10.5. The van der Waals surface area contributed by atoms with Gasteiger partial charge in [0.05, 0.1) is 13.2 Å². The van der Waals surface area contributed by atoms with Crippen molar-refractivity contribution in [2.24, 2.45) is 0 Å². The molecule has 2 rings (SSSR count). The van der Waals surface area contributed by atoms with Gasteiger partial charge in [-0.15, -0.1) is 0 Å². The van der Waals surface area contributed by atoms with Gasteiger partial charge in [-0.05, 0) is 0 Å². The third kappa shape index (κ3) is 21.7. The molecule has 2 heterocycles. The van der Waals surface area contributed by atoms with Crippen molar-refractivity contribution in [1.82, 2.24) is 0 Å². The quantitative estimate of drug-likeness (QED) is 0.326. The predicted molar refractivity (Wildman–Crippen MR) is 44.4 cm³/mol. The first-order valence-corrected chi connectivity index (χ1v) is 3.84. The molecule has 2 aliphatic heterocycles. The molecule has 0 saturated carbocycles. The molecule has 17 heavy (non-hydrogen) atoms. The molecule has 0 radical (unpaired) electrons. The van der Waals surface area contributed by atoms with E-state index in [4.69, 9.17) is 21.3 Å². The summed E-state index contributed by atoms with van der Waals surface area (Å²) in [4.78, 5) is 0. The Morgan fingerprint density at radius 1 is 0.824 bits per heavy atom. The van der Waals surface area contributed by atoms with Crippen LogP contribution in [0.2, 0.25) is 0 Å². The maximum absolute atomic E-state index is 6.25. The van der Waals surface area contributed by atoms with Crippen LogP contribution in [-0.2, 0) is 36.0 Å². The van der Waals surface area contributed by atoms with Crippen molar-refractivity contribution in [1.29, 1.82) is 5.26 Å². The van der Waals surface area contributed by atoms with Gasteiger partial charge in [0.25, 0.3) is 0 Å². The van der Waals surface area contributed by atoms with Crippen LogP contribution >= 0.6 is 0 Å². The van der Waals surface area contributed by atoms with Crippen LogP contribution in [0, 0.1) is 24.4 Å². The molecule has 0 aromatic carbocycles. The Morgan fingerprint density at radius 2 is 1.18 bits per heavy atom. The van der Waals surface area contributed by atoms with E-state index in [1.807, 2.05) is 0 Å². The van der Waals surface area contributed by atoms with Gasteiger partial charge < -0.3 is 30.8 Å². The average molecular weight is 274 g/mol. The summed E-state index contributed by atoms with van der Waals surface area (Å²) in [5.41, 5.74) is 0. The van der Waals surface area contributed by atoms with Crippen LogP contribution in [-0.4, -0.2) is 26.4 Å². The third-order valence-electron chi connectivity index (χ3n) is 1.04. The van der Waals surface area contributed by atoms with Crippen molar-refractivity contribution in [3.05, 3.63) is 31.6 Å². The Bertz CT molecular complexity index is 169. The molecule has 0 aromatic heterocycles. The van der Waals surface area contributed by atoms with E-state index in [0.717, 1.165) is 0 Å². The number of rotatable bonds is 0. The van der Waals surface area contributed by atoms with Crippen LogP contribution in [0.4, 0.5) is 0 Å². The van der Waals surface area contributed by atoms with Crippen molar-refractivity contribution in [2.45, 2.75) is 0 Å². The van der Waals surface area contributed by atoms with Crippen molar-refractivity contribution in [2.75, 3.05) is 26.4 Å². The van der Waals surface area contributed by atoms with E-state index in [-0.39, 0.29) is 54.8 Å². The van der Waals surface area contributed by atoms with Gasteiger partial charge in [0.15, 0.2) is 0 Å². The van der Waals surface area contributed by atoms with E-state index in [2.05, 4.69) is 22.0 Å². The van der Waals surface area contributed by atoms with Gasteiger partial charge in [-0.2, -0.15) is 0 Å². The molecule has 2 aliphatic rings. The molecule has 0 saturated heterocycles. The maximum Gasteiger partial charge on any atom is 1.00 e. The molecule has 0 aliphatic carbocycles. The normalized spacial score (nSPS) is 13.3. The molecule has 0 atom stereocenters. The first-order valence-electron chi connectivity index (χ1n) is 3.84. The Morgan fingerprint density at radius 3 is 1.24 bits per heavy atom. The maximum atomic E-state index is 6.25. The van der Waals surface area contributed by atoms with Crippen LogP contribution in [0.15, 0.2) is 12.5 Å². The van der Waals surface area contributed by atoms with E-state index in [1.165, 1.54) is 12.5 Å². The third-order valence-corrected chi connectivity index (χ3v) is 1.04. The summed E-state index contributed by atoms with van der Waals surface area (Å²) in [6.45, 7) is 7.34. The summed E-state index contributed by atoms with van der Waals surface area (Å²) in [5, 5.41) is 6.25. The van der Waals surface area contributed by atoms with Crippen LogP contribution in [0.25, 0.3) is 0 Å². The second-order valence-corrected chi connectivity index (χ2v) is 1.91. The second-order valence-electron chi connectivity index (χ2n) is 1.91. The molecule has 0 amide bonds. The van der Waals surface area contributed by atoms with Crippen LogP contribution in [0.3, 0.4) is 0 Å². The summed E-state index contributed by atoms with van der Waals surface area (Å²) >= 11 is 0. The minimum atomic E-state index is 0. The Labute approximate surface area is 136 Å². The molecule has 0 aromatic rings. The van der Waals surface area contributed by atoms with Crippen LogP contribution < -0.4 is 37.7 Å². The molecule has 0 fully saturated rings. The van der Waals surface area contributed by atoms with Crippen LogP contribution in [0.1, 0.15) is 0 Å². The summed E-state index contributed by atoms with van der Waals surface area (Å²) in [5.74, 6) is 0. The smallest absolute Gasteiger partial charge is 0.688 e. The molecule has 0 spiro atoms. The SMILES string of the molecule is [C-]#N.[C-]1=COCCO1.[C-]1=COCCO1.[Cu+].[Li+].[Li+]. The molecular weight excluding hydrogens is 264 g/mol. The van der Waals surface area contributed by atoms with Crippen LogP contribution in [0.5, 0.6) is 0 Å². The summed E-state index contributed by atoms with van der Waals surface area (Å²) in [6, 6.07) is 0. The van der Waals surface area contributed by atoms with E-state index >= 15 is 0 Å². The fourth-order valence-electron chi connectivity index (χ4n) is 0.551. The standard InChI is InChI=1S/2C4H5O2.CN.Cu.2Li/c2*1-2-6-4-3-5-1;1-2;;;/h2*1H,3-4H2;;;;/q3*-1;3*+1. The van der Waals surface area contributed by atoms with Gasteiger partial charge in [-0.3, -0.25) is 12.5 Å². The summed E-state index contributed by atoms with van der Waals surface area (Å²) in [6.07, 6.45) is 7.72. The number of hydrogen-bond donors (Lipinski definition) is 0. The summed E-state index contributed by atoms with van der Waals surface area (Å²) in [7, 11) is 0. The van der Waals surface area contributed by atoms with E-state index in [9.17, 15) is 0 Å². The van der Waals surface area contributed by atoms with E-state index in [1.54, 1.807) is 0 Å². The largest absolute Gasteiger partial charge is 1.00 e. The van der Waals surface area contributed by atoms with Gasteiger partial charge in [-0.25, -0.2) is 0 Å². The molecule has 8 heteroatoms. The monoisotopic (exact) mass is 273 g/mol. The van der Waals surface area contributed by atoms with Gasteiger partial charge >= 0.3 is 54.8 Å². The zero-order valence-corrected chi connectivity index (χ0v) is 10.8. The minimum absolute atomic E-state index is 0. The topological polar surface area (TPSA) is 60.7 Å².